The van der Waals surface area contributed by atoms with E-state index in [-0.39, 0.29) is 19.4 Å². The molecule has 322 valence electrons. The van der Waals surface area contributed by atoms with Gasteiger partial charge in [0, 0.05) is 12.8 Å². The molecule has 1 aliphatic rings. The SMILES string of the molecule is CC/C=C/C/C=C/C/C=C/C/C=C/CCCCC(=O)O[C@H](COC(=O)CCCCC/C=C/CCCCCCCC)CO[C@H]1O[C@H](CS(=O)(=O)O)[C@@H](O)C(O)C1O. The molecule has 0 spiro atoms. The van der Waals surface area contributed by atoms with E-state index in [4.69, 9.17) is 18.9 Å². The molecule has 0 bridgehead atoms. The van der Waals surface area contributed by atoms with Crippen LogP contribution in [0, 0.1) is 0 Å². The minimum atomic E-state index is -4.61. The van der Waals surface area contributed by atoms with Gasteiger partial charge in [0.25, 0.3) is 10.1 Å². The van der Waals surface area contributed by atoms with Gasteiger partial charge in [-0.25, -0.2) is 0 Å². The van der Waals surface area contributed by atoms with E-state index in [1.54, 1.807) is 0 Å². The predicted octanol–water partition coefficient (Wildman–Crippen LogP) is 7.78. The highest BCUT2D eigenvalue weighted by atomic mass is 32.2. The third kappa shape index (κ3) is 27.9. The highest BCUT2D eigenvalue weighted by molar-refractivity contribution is 7.85. The molecular formula is C43H72O12S. The van der Waals surface area contributed by atoms with Gasteiger partial charge in [-0.2, -0.15) is 8.42 Å². The molecule has 0 aliphatic carbocycles. The Morgan fingerprint density at radius 2 is 1.12 bits per heavy atom. The monoisotopic (exact) mass is 812 g/mol. The van der Waals surface area contributed by atoms with Crippen LogP contribution >= 0.6 is 0 Å². The first kappa shape index (κ1) is 51.4. The van der Waals surface area contributed by atoms with Crippen LogP contribution in [0.3, 0.4) is 0 Å². The minimum absolute atomic E-state index is 0.106. The molecule has 4 N–H and O–H groups in total. The van der Waals surface area contributed by atoms with Crippen molar-refractivity contribution in [3.05, 3.63) is 60.8 Å². The Hall–Kier alpha value is -2.65. The number of aliphatic hydroxyl groups excluding tert-OH is 3. The summed E-state index contributed by atoms with van der Waals surface area (Å²) >= 11 is 0. The molecule has 6 atom stereocenters. The number of rotatable bonds is 33. The molecule has 12 nitrogen and oxygen atoms in total. The summed E-state index contributed by atoms with van der Waals surface area (Å²) in [6.45, 7) is 3.56. The van der Waals surface area contributed by atoms with Crippen LogP contribution in [-0.4, -0.2) is 96.0 Å². The van der Waals surface area contributed by atoms with Crippen molar-refractivity contribution in [2.24, 2.45) is 0 Å². The molecule has 2 unspecified atom stereocenters. The first-order valence-corrected chi connectivity index (χ1v) is 22.5. The van der Waals surface area contributed by atoms with Crippen molar-refractivity contribution in [1.82, 2.24) is 0 Å². The number of aliphatic hydroxyl groups is 3. The second-order valence-electron chi connectivity index (χ2n) is 14.3. The van der Waals surface area contributed by atoms with Crippen LogP contribution < -0.4 is 0 Å². The van der Waals surface area contributed by atoms with Crippen molar-refractivity contribution < 1.29 is 56.8 Å². The van der Waals surface area contributed by atoms with Crippen LogP contribution in [0.25, 0.3) is 0 Å². The Labute approximate surface area is 336 Å². The molecule has 0 aromatic rings. The Bertz CT molecular complexity index is 1280. The summed E-state index contributed by atoms with van der Waals surface area (Å²) in [6.07, 6.45) is 29.9. The fraction of sp³-hybridized carbons (Fsp3) is 0.721. The van der Waals surface area contributed by atoms with E-state index in [2.05, 4.69) is 74.6 Å². The first-order chi connectivity index (χ1) is 27.0. The van der Waals surface area contributed by atoms with E-state index in [1.165, 1.54) is 38.5 Å². The average molecular weight is 813 g/mol. The van der Waals surface area contributed by atoms with Gasteiger partial charge in [0.2, 0.25) is 0 Å². The summed E-state index contributed by atoms with van der Waals surface area (Å²) in [5.74, 6) is -2.07. The standard InChI is InChI=1S/C43H72O12S/c1-3-5-7-9-11-13-15-17-18-20-22-24-26-28-30-32-39(45)54-36(34-53-43-42(48)41(47)40(46)37(55-43)35-56(49,50)51)33-52-38(44)31-29-27-25-23-21-19-16-14-12-10-8-6-4-2/h5,7,11,13,17-19,21-22,24,36-37,40-43,46-48H,3-4,6,8-10,12,14-16,20,23,25-35H2,1-2H3,(H,49,50,51)/b7-5+,13-11+,18-17+,21-19+,24-22+/t36-,37-,40-,41?,42?,43+/m1/s1. The van der Waals surface area contributed by atoms with E-state index < -0.39 is 71.2 Å². The lowest BCUT2D eigenvalue weighted by atomic mass is 10.00. The number of hydrogen-bond acceptors (Lipinski definition) is 11. The van der Waals surface area contributed by atoms with Gasteiger partial charge in [0.15, 0.2) is 12.4 Å². The van der Waals surface area contributed by atoms with Gasteiger partial charge in [-0.1, -0.05) is 113 Å². The lowest BCUT2D eigenvalue weighted by molar-refractivity contribution is -0.297. The molecule has 56 heavy (non-hydrogen) atoms. The summed E-state index contributed by atoms with van der Waals surface area (Å²) in [4.78, 5) is 25.3. The number of esters is 2. The lowest BCUT2D eigenvalue weighted by Gasteiger charge is -2.40. The topological polar surface area (TPSA) is 186 Å². The largest absolute Gasteiger partial charge is 0.462 e. The summed E-state index contributed by atoms with van der Waals surface area (Å²) in [6, 6.07) is 0. The minimum Gasteiger partial charge on any atom is -0.462 e. The van der Waals surface area contributed by atoms with E-state index in [9.17, 15) is 37.9 Å². The number of carbonyl (C=O) groups is 2. The maximum atomic E-state index is 12.8. The molecule has 1 rings (SSSR count). The molecule has 0 amide bonds. The normalized spacial score (nSPS) is 21.3. The van der Waals surface area contributed by atoms with Crippen LogP contribution in [0.5, 0.6) is 0 Å². The van der Waals surface area contributed by atoms with Gasteiger partial charge in [-0.15, -0.1) is 0 Å². The lowest BCUT2D eigenvalue weighted by Crippen LogP contribution is -2.60. The summed E-state index contributed by atoms with van der Waals surface area (Å²) in [5, 5.41) is 30.8. The van der Waals surface area contributed by atoms with Gasteiger partial charge >= 0.3 is 11.9 Å². The fourth-order valence-corrected chi connectivity index (χ4v) is 6.53. The van der Waals surface area contributed by atoms with Crippen LogP contribution in [0.2, 0.25) is 0 Å². The van der Waals surface area contributed by atoms with Crippen LogP contribution in [-0.2, 0) is 38.7 Å². The number of allylic oxidation sites excluding steroid dienone is 10. The zero-order valence-corrected chi connectivity index (χ0v) is 34.8. The van der Waals surface area contributed by atoms with E-state index in [0.717, 1.165) is 64.2 Å². The van der Waals surface area contributed by atoms with Crippen LogP contribution in [0.4, 0.5) is 0 Å². The van der Waals surface area contributed by atoms with Crippen molar-refractivity contribution in [3.63, 3.8) is 0 Å². The Morgan fingerprint density at radius 1 is 0.625 bits per heavy atom. The number of unbranched alkanes of at least 4 members (excludes halogenated alkanes) is 11. The quantitative estimate of drug-likeness (QED) is 0.0219. The molecule has 13 heteroatoms. The second kappa shape index (κ2) is 33.3. The molecule has 1 aliphatic heterocycles. The zero-order valence-electron chi connectivity index (χ0n) is 34.0. The Morgan fingerprint density at radius 3 is 1.73 bits per heavy atom. The smallest absolute Gasteiger partial charge is 0.306 e. The zero-order chi connectivity index (χ0) is 41.3. The molecule has 0 saturated carbocycles. The van der Waals surface area contributed by atoms with E-state index in [0.29, 0.717) is 12.8 Å². The number of ether oxygens (including phenoxy) is 4. The first-order valence-electron chi connectivity index (χ1n) is 20.8. The second-order valence-corrected chi connectivity index (χ2v) is 15.8. The highest BCUT2D eigenvalue weighted by Gasteiger charge is 2.46. The molecule has 0 radical (unpaired) electrons. The highest BCUT2D eigenvalue weighted by Crippen LogP contribution is 2.24. The molecular weight excluding hydrogens is 741 g/mol. The maximum absolute atomic E-state index is 12.8. The molecule has 1 fully saturated rings. The Balaban J connectivity index is 2.54. The summed E-state index contributed by atoms with van der Waals surface area (Å²) < 4.78 is 53.9. The van der Waals surface area contributed by atoms with Crippen molar-refractivity contribution >= 4 is 22.1 Å². The van der Waals surface area contributed by atoms with Crippen molar-refractivity contribution in [3.8, 4) is 0 Å². The van der Waals surface area contributed by atoms with Crippen molar-refractivity contribution in [2.45, 2.75) is 179 Å². The molecule has 0 aromatic heterocycles. The molecule has 1 saturated heterocycles. The number of carbonyl (C=O) groups excluding carboxylic acids is 2. The maximum Gasteiger partial charge on any atom is 0.306 e. The van der Waals surface area contributed by atoms with Crippen LogP contribution in [0.15, 0.2) is 60.8 Å². The van der Waals surface area contributed by atoms with Gasteiger partial charge in [0.05, 0.1) is 6.61 Å². The third-order valence-corrected chi connectivity index (χ3v) is 9.83. The third-order valence-electron chi connectivity index (χ3n) is 9.08. The Kier molecular flexibility index (Phi) is 30.6. The van der Waals surface area contributed by atoms with Gasteiger partial charge in [-0.05, 0) is 77.0 Å². The predicted molar refractivity (Wildman–Crippen MR) is 219 cm³/mol. The summed E-state index contributed by atoms with van der Waals surface area (Å²) in [7, 11) is -4.61. The molecule has 0 aromatic carbocycles. The fourth-order valence-electron chi connectivity index (χ4n) is 5.84. The van der Waals surface area contributed by atoms with E-state index in [1.807, 2.05) is 0 Å². The summed E-state index contributed by atoms with van der Waals surface area (Å²) in [5.41, 5.74) is 0. The molecule has 1 heterocycles. The van der Waals surface area contributed by atoms with Crippen molar-refractivity contribution in [2.75, 3.05) is 19.0 Å². The van der Waals surface area contributed by atoms with Gasteiger partial charge < -0.3 is 34.3 Å². The van der Waals surface area contributed by atoms with Gasteiger partial charge in [-0.3, -0.25) is 14.1 Å². The van der Waals surface area contributed by atoms with Gasteiger partial charge in [0.1, 0.15) is 36.8 Å². The number of hydrogen-bond donors (Lipinski definition) is 4. The van der Waals surface area contributed by atoms with E-state index >= 15 is 0 Å². The van der Waals surface area contributed by atoms with Crippen LogP contribution in [0.1, 0.15) is 142 Å². The van der Waals surface area contributed by atoms with Crippen molar-refractivity contribution in [1.29, 1.82) is 0 Å². The average Bonchev–Trinajstić information content (AvgIpc) is 3.16.